The summed E-state index contributed by atoms with van der Waals surface area (Å²) >= 11 is 0. The second kappa shape index (κ2) is 7.64. The highest BCUT2D eigenvalue weighted by molar-refractivity contribution is 6.04. The molecule has 1 fully saturated rings. The minimum absolute atomic E-state index is 0.174. The third-order valence-corrected chi connectivity index (χ3v) is 4.00. The molecule has 5 nitrogen and oxygen atoms in total. The Labute approximate surface area is 141 Å². The van der Waals surface area contributed by atoms with E-state index in [1.165, 1.54) is 4.90 Å². The lowest BCUT2D eigenvalue weighted by Crippen LogP contribution is -2.35. The summed E-state index contributed by atoms with van der Waals surface area (Å²) in [6, 6.07) is 18.5. The third kappa shape index (κ3) is 3.93. The number of amides is 3. The van der Waals surface area contributed by atoms with Crippen LogP contribution in [0.25, 0.3) is 0 Å². The van der Waals surface area contributed by atoms with Crippen LogP contribution in [-0.2, 0) is 11.2 Å². The molecule has 1 aliphatic rings. The fourth-order valence-corrected chi connectivity index (χ4v) is 2.71. The molecule has 0 spiro atoms. The Balaban J connectivity index is 1.48. The minimum atomic E-state index is -0.450. The Kier molecular flexibility index (Phi) is 5.11. The summed E-state index contributed by atoms with van der Waals surface area (Å²) < 4.78 is 5.56. The van der Waals surface area contributed by atoms with Gasteiger partial charge in [0, 0.05) is 0 Å². The second-order valence-electron chi connectivity index (χ2n) is 5.68. The van der Waals surface area contributed by atoms with E-state index in [4.69, 9.17) is 4.74 Å². The highest BCUT2D eigenvalue weighted by Crippen LogP contribution is 2.13. The SMILES string of the molecule is O=C1N[C@H](CCc2ccccc2)C(=O)N1CCOc1ccccc1. The summed E-state index contributed by atoms with van der Waals surface area (Å²) in [5, 5.41) is 2.75. The van der Waals surface area contributed by atoms with Crippen molar-refractivity contribution in [2.24, 2.45) is 0 Å². The highest BCUT2D eigenvalue weighted by atomic mass is 16.5. The molecule has 3 rings (SSSR count). The lowest BCUT2D eigenvalue weighted by atomic mass is 10.1. The molecule has 24 heavy (non-hydrogen) atoms. The van der Waals surface area contributed by atoms with Crippen molar-refractivity contribution in [3.8, 4) is 5.75 Å². The number of hydrogen-bond donors (Lipinski definition) is 1. The molecule has 0 aromatic heterocycles. The first-order valence-corrected chi connectivity index (χ1v) is 8.08. The maximum atomic E-state index is 12.4. The molecule has 1 aliphatic heterocycles. The average molecular weight is 324 g/mol. The molecule has 2 aromatic carbocycles. The van der Waals surface area contributed by atoms with E-state index in [-0.39, 0.29) is 25.1 Å². The molecule has 2 aromatic rings. The Morgan fingerprint density at radius 2 is 1.62 bits per heavy atom. The first kappa shape index (κ1) is 16.1. The maximum Gasteiger partial charge on any atom is 0.324 e. The van der Waals surface area contributed by atoms with Crippen LogP contribution in [0.5, 0.6) is 5.75 Å². The maximum absolute atomic E-state index is 12.4. The Bertz CT molecular complexity index is 688. The zero-order valence-corrected chi connectivity index (χ0v) is 13.4. The van der Waals surface area contributed by atoms with Gasteiger partial charge in [-0.1, -0.05) is 48.5 Å². The van der Waals surface area contributed by atoms with Crippen LogP contribution < -0.4 is 10.1 Å². The van der Waals surface area contributed by atoms with Gasteiger partial charge in [-0.3, -0.25) is 9.69 Å². The van der Waals surface area contributed by atoms with Crippen LogP contribution in [0.3, 0.4) is 0 Å². The van der Waals surface area contributed by atoms with Gasteiger partial charge in [0.05, 0.1) is 6.54 Å². The number of nitrogens with one attached hydrogen (secondary N) is 1. The van der Waals surface area contributed by atoms with E-state index in [1.54, 1.807) is 0 Å². The van der Waals surface area contributed by atoms with Gasteiger partial charge < -0.3 is 10.1 Å². The fourth-order valence-electron chi connectivity index (χ4n) is 2.71. The van der Waals surface area contributed by atoms with Crippen molar-refractivity contribution in [2.45, 2.75) is 18.9 Å². The normalized spacial score (nSPS) is 17.0. The van der Waals surface area contributed by atoms with Crippen LogP contribution in [0.1, 0.15) is 12.0 Å². The van der Waals surface area contributed by atoms with Crippen LogP contribution in [0.4, 0.5) is 4.79 Å². The molecule has 1 atom stereocenters. The molecule has 1 N–H and O–H groups in total. The number of aryl methyl sites for hydroxylation is 1. The molecule has 0 unspecified atom stereocenters. The van der Waals surface area contributed by atoms with E-state index < -0.39 is 6.04 Å². The number of imide groups is 1. The van der Waals surface area contributed by atoms with Gasteiger partial charge in [-0.05, 0) is 30.5 Å². The molecular weight excluding hydrogens is 304 g/mol. The quantitative estimate of drug-likeness (QED) is 0.797. The summed E-state index contributed by atoms with van der Waals surface area (Å²) in [5.41, 5.74) is 1.16. The summed E-state index contributed by atoms with van der Waals surface area (Å²) in [4.78, 5) is 25.6. The van der Waals surface area contributed by atoms with E-state index >= 15 is 0 Å². The van der Waals surface area contributed by atoms with E-state index in [2.05, 4.69) is 5.32 Å². The molecule has 0 radical (unpaired) electrons. The van der Waals surface area contributed by atoms with Gasteiger partial charge in [-0.25, -0.2) is 4.79 Å². The summed E-state index contributed by atoms with van der Waals surface area (Å²) in [5.74, 6) is 0.553. The van der Waals surface area contributed by atoms with Crippen LogP contribution >= 0.6 is 0 Å². The Morgan fingerprint density at radius 3 is 2.33 bits per heavy atom. The average Bonchev–Trinajstić information content (AvgIpc) is 2.89. The monoisotopic (exact) mass is 324 g/mol. The number of benzene rings is 2. The van der Waals surface area contributed by atoms with Crippen molar-refractivity contribution in [3.05, 3.63) is 66.2 Å². The molecule has 1 heterocycles. The van der Waals surface area contributed by atoms with E-state index in [1.807, 2.05) is 60.7 Å². The number of para-hydroxylation sites is 1. The zero-order valence-electron chi connectivity index (χ0n) is 13.4. The van der Waals surface area contributed by atoms with Crippen molar-refractivity contribution in [1.82, 2.24) is 10.2 Å². The van der Waals surface area contributed by atoms with Gasteiger partial charge in [0.1, 0.15) is 18.4 Å². The van der Waals surface area contributed by atoms with Crippen molar-refractivity contribution >= 4 is 11.9 Å². The lowest BCUT2D eigenvalue weighted by molar-refractivity contribution is -0.127. The molecule has 3 amide bonds. The van der Waals surface area contributed by atoms with Crippen LogP contribution in [0, 0.1) is 0 Å². The van der Waals surface area contributed by atoms with Crippen LogP contribution in [-0.4, -0.2) is 36.0 Å². The molecule has 1 saturated heterocycles. The molecule has 0 saturated carbocycles. The van der Waals surface area contributed by atoms with Crippen LogP contribution in [0.15, 0.2) is 60.7 Å². The third-order valence-electron chi connectivity index (χ3n) is 4.00. The number of rotatable bonds is 7. The fraction of sp³-hybridized carbons (Fsp3) is 0.263. The predicted molar refractivity (Wildman–Crippen MR) is 90.7 cm³/mol. The van der Waals surface area contributed by atoms with Gasteiger partial charge in [-0.2, -0.15) is 0 Å². The number of carbonyl (C=O) groups is 2. The molecule has 0 aliphatic carbocycles. The van der Waals surface area contributed by atoms with Gasteiger partial charge in [-0.15, -0.1) is 0 Å². The largest absolute Gasteiger partial charge is 0.492 e. The Morgan fingerprint density at radius 1 is 0.958 bits per heavy atom. The first-order valence-electron chi connectivity index (χ1n) is 8.08. The number of urea groups is 1. The number of carbonyl (C=O) groups excluding carboxylic acids is 2. The van der Waals surface area contributed by atoms with Crippen LogP contribution in [0.2, 0.25) is 0 Å². The predicted octanol–water partition coefficient (Wildman–Crippen LogP) is 2.62. The van der Waals surface area contributed by atoms with Gasteiger partial charge in [0.25, 0.3) is 5.91 Å². The zero-order chi connectivity index (χ0) is 16.8. The van der Waals surface area contributed by atoms with E-state index in [0.717, 1.165) is 17.7 Å². The topological polar surface area (TPSA) is 58.6 Å². The number of nitrogens with zero attached hydrogens (tertiary/aromatic N) is 1. The number of ether oxygens (including phenoxy) is 1. The highest BCUT2D eigenvalue weighted by Gasteiger charge is 2.37. The second-order valence-corrected chi connectivity index (χ2v) is 5.68. The summed E-state index contributed by atoms with van der Waals surface area (Å²) in [6.07, 6.45) is 1.36. The van der Waals surface area contributed by atoms with Crippen molar-refractivity contribution in [1.29, 1.82) is 0 Å². The standard InChI is InChI=1S/C19H20N2O3/c22-18-17(12-11-15-7-3-1-4-8-15)20-19(23)21(18)13-14-24-16-9-5-2-6-10-16/h1-10,17H,11-14H2,(H,20,23)/t17-/m1/s1. The van der Waals surface area contributed by atoms with Gasteiger partial charge >= 0.3 is 6.03 Å². The number of hydrogen-bond acceptors (Lipinski definition) is 3. The Hall–Kier alpha value is -2.82. The van der Waals surface area contributed by atoms with E-state index in [9.17, 15) is 9.59 Å². The molecule has 0 bridgehead atoms. The molecule has 124 valence electrons. The van der Waals surface area contributed by atoms with Gasteiger partial charge in [0.15, 0.2) is 0 Å². The lowest BCUT2D eigenvalue weighted by Gasteiger charge is -2.13. The first-order chi connectivity index (χ1) is 11.7. The summed E-state index contributed by atoms with van der Waals surface area (Å²) in [7, 11) is 0. The molecule has 5 heteroatoms. The molecular formula is C19H20N2O3. The minimum Gasteiger partial charge on any atom is -0.492 e. The summed E-state index contributed by atoms with van der Waals surface area (Å²) in [6.45, 7) is 0.538. The van der Waals surface area contributed by atoms with Crippen molar-refractivity contribution in [3.63, 3.8) is 0 Å². The van der Waals surface area contributed by atoms with E-state index in [0.29, 0.717) is 6.42 Å². The smallest absolute Gasteiger partial charge is 0.324 e. The van der Waals surface area contributed by atoms with Crippen molar-refractivity contribution < 1.29 is 14.3 Å². The van der Waals surface area contributed by atoms with Crippen molar-refractivity contribution in [2.75, 3.05) is 13.2 Å². The van der Waals surface area contributed by atoms with Gasteiger partial charge in [0.2, 0.25) is 0 Å².